The van der Waals surface area contributed by atoms with Crippen LogP contribution in [0.2, 0.25) is 0 Å². The van der Waals surface area contributed by atoms with Gasteiger partial charge in [-0.2, -0.15) is 5.26 Å². The standard InChI is InChI=1S/C21H19BrN6O/c1-28(2)8-4-7-19(29)26-17-10-18-20(27-16-6-3-5-15(22)9-16)14(11-23)12-24-21(18)25-13-17/h3-7,9-10,12-13H,8H2,1-2H3,(H,26,29)(H,24,25,27)/b7-4+. The van der Waals surface area contributed by atoms with E-state index in [1.807, 2.05) is 43.3 Å². The Kier molecular flexibility index (Phi) is 6.54. The average molecular weight is 451 g/mol. The summed E-state index contributed by atoms with van der Waals surface area (Å²) in [6, 6.07) is 11.5. The van der Waals surface area contributed by atoms with Crippen molar-refractivity contribution in [3.8, 4) is 6.07 Å². The predicted octanol–water partition coefficient (Wildman–Crippen LogP) is 4.06. The van der Waals surface area contributed by atoms with Gasteiger partial charge >= 0.3 is 0 Å². The highest BCUT2D eigenvalue weighted by atomic mass is 79.9. The number of hydrogen-bond acceptors (Lipinski definition) is 6. The number of benzene rings is 1. The number of pyridine rings is 2. The van der Waals surface area contributed by atoms with Crippen LogP contribution in [0, 0.1) is 11.3 Å². The molecule has 0 saturated heterocycles. The van der Waals surface area contributed by atoms with Crippen LogP contribution in [0.4, 0.5) is 17.1 Å². The molecular formula is C21H19BrN6O. The molecule has 0 aliphatic rings. The van der Waals surface area contributed by atoms with Gasteiger partial charge in [0.1, 0.15) is 6.07 Å². The molecule has 1 aromatic carbocycles. The van der Waals surface area contributed by atoms with Crippen molar-refractivity contribution in [1.82, 2.24) is 14.9 Å². The number of nitrogens with one attached hydrogen (secondary N) is 2. The third-order valence-corrected chi connectivity index (χ3v) is 4.44. The van der Waals surface area contributed by atoms with Crippen molar-refractivity contribution < 1.29 is 4.79 Å². The maximum atomic E-state index is 12.1. The lowest BCUT2D eigenvalue weighted by atomic mass is 10.1. The van der Waals surface area contributed by atoms with E-state index in [9.17, 15) is 10.1 Å². The third-order valence-electron chi connectivity index (χ3n) is 3.94. The highest BCUT2D eigenvalue weighted by Gasteiger charge is 2.12. The van der Waals surface area contributed by atoms with E-state index in [1.54, 1.807) is 18.3 Å². The first-order chi connectivity index (χ1) is 14.0. The first-order valence-electron chi connectivity index (χ1n) is 8.80. The van der Waals surface area contributed by atoms with Gasteiger partial charge in [-0.1, -0.05) is 28.1 Å². The Hall–Kier alpha value is -3.28. The maximum Gasteiger partial charge on any atom is 0.248 e. The molecule has 2 aromatic heterocycles. The van der Waals surface area contributed by atoms with E-state index in [2.05, 4.69) is 42.6 Å². The van der Waals surface area contributed by atoms with Gasteiger partial charge in [-0.05, 0) is 38.4 Å². The zero-order valence-electron chi connectivity index (χ0n) is 16.0. The lowest BCUT2D eigenvalue weighted by Crippen LogP contribution is -2.13. The summed E-state index contributed by atoms with van der Waals surface area (Å²) in [7, 11) is 3.85. The van der Waals surface area contributed by atoms with E-state index >= 15 is 0 Å². The number of rotatable bonds is 6. The minimum Gasteiger partial charge on any atom is -0.354 e. The molecule has 7 nitrogen and oxygen atoms in total. The van der Waals surface area contributed by atoms with E-state index < -0.39 is 0 Å². The van der Waals surface area contributed by atoms with Gasteiger partial charge in [-0.15, -0.1) is 0 Å². The Morgan fingerprint density at radius 3 is 2.76 bits per heavy atom. The van der Waals surface area contributed by atoms with Gasteiger partial charge in [0.15, 0.2) is 5.65 Å². The van der Waals surface area contributed by atoms with Gasteiger partial charge in [-0.3, -0.25) is 4.79 Å². The molecule has 0 saturated carbocycles. The summed E-state index contributed by atoms with van der Waals surface area (Å²) in [6.45, 7) is 0.666. The molecule has 8 heteroatoms. The second-order valence-corrected chi connectivity index (χ2v) is 7.46. The number of anilines is 3. The fourth-order valence-corrected chi connectivity index (χ4v) is 3.03. The van der Waals surface area contributed by atoms with Gasteiger partial charge < -0.3 is 15.5 Å². The summed E-state index contributed by atoms with van der Waals surface area (Å²) in [4.78, 5) is 22.7. The molecule has 0 spiro atoms. The van der Waals surface area contributed by atoms with Crippen molar-refractivity contribution >= 4 is 49.9 Å². The minimum atomic E-state index is -0.251. The molecule has 0 aliphatic heterocycles. The molecule has 0 aliphatic carbocycles. The number of carbonyl (C=O) groups excluding carboxylic acids is 1. The third kappa shape index (κ3) is 5.38. The number of carbonyl (C=O) groups is 1. The highest BCUT2D eigenvalue weighted by Crippen LogP contribution is 2.30. The van der Waals surface area contributed by atoms with Crippen molar-refractivity contribution in [3.63, 3.8) is 0 Å². The minimum absolute atomic E-state index is 0.251. The molecule has 1 amide bonds. The van der Waals surface area contributed by atoms with E-state index in [-0.39, 0.29) is 5.91 Å². The molecule has 146 valence electrons. The summed E-state index contributed by atoms with van der Waals surface area (Å²) < 4.78 is 0.912. The maximum absolute atomic E-state index is 12.1. The van der Waals surface area contributed by atoms with Crippen LogP contribution in [0.3, 0.4) is 0 Å². The smallest absolute Gasteiger partial charge is 0.248 e. The van der Waals surface area contributed by atoms with Crippen molar-refractivity contribution in [3.05, 3.63) is 64.9 Å². The van der Waals surface area contributed by atoms with Crippen molar-refractivity contribution in [2.24, 2.45) is 0 Å². The SMILES string of the molecule is CN(C)C/C=C/C(=O)Nc1cnc2ncc(C#N)c(Nc3cccc(Br)c3)c2c1. The molecule has 2 N–H and O–H groups in total. The molecular weight excluding hydrogens is 432 g/mol. The highest BCUT2D eigenvalue weighted by molar-refractivity contribution is 9.10. The molecule has 0 atom stereocenters. The number of nitrogens with zero attached hydrogens (tertiary/aromatic N) is 4. The number of aromatic nitrogens is 2. The number of halogens is 1. The lowest BCUT2D eigenvalue weighted by Gasteiger charge is -2.12. The van der Waals surface area contributed by atoms with E-state index in [0.717, 1.165) is 10.2 Å². The average Bonchev–Trinajstić information content (AvgIpc) is 2.68. The number of nitriles is 1. The van der Waals surface area contributed by atoms with Gasteiger partial charge in [-0.25, -0.2) is 9.97 Å². The molecule has 3 rings (SSSR count). The zero-order valence-corrected chi connectivity index (χ0v) is 17.6. The second-order valence-electron chi connectivity index (χ2n) is 6.54. The van der Waals surface area contributed by atoms with Crippen LogP contribution in [-0.4, -0.2) is 41.4 Å². The first kappa shape index (κ1) is 20.5. The van der Waals surface area contributed by atoms with Crippen LogP contribution in [0.1, 0.15) is 5.56 Å². The fourth-order valence-electron chi connectivity index (χ4n) is 2.63. The lowest BCUT2D eigenvalue weighted by molar-refractivity contribution is -0.111. The molecule has 0 radical (unpaired) electrons. The number of hydrogen-bond donors (Lipinski definition) is 2. The van der Waals surface area contributed by atoms with E-state index in [1.165, 1.54) is 12.3 Å². The number of fused-ring (bicyclic) bond motifs is 1. The molecule has 0 fully saturated rings. The van der Waals surface area contributed by atoms with Crippen molar-refractivity contribution in [1.29, 1.82) is 5.26 Å². The second kappa shape index (κ2) is 9.28. The Morgan fingerprint density at radius 2 is 2.03 bits per heavy atom. The largest absolute Gasteiger partial charge is 0.354 e. The molecule has 29 heavy (non-hydrogen) atoms. The summed E-state index contributed by atoms with van der Waals surface area (Å²) in [5, 5.41) is 16.2. The quantitative estimate of drug-likeness (QED) is 0.549. The zero-order chi connectivity index (χ0) is 20.8. The van der Waals surface area contributed by atoms with Gasteiger partial charge in [0.25, 0.3) is 0 Å². The van der Waals surface area contributed by atoms with Crippen LogP contribution in [-0.2, 0) is 4.79 Å². The summed E-state index contributed by atoms with van der Waals surface area (Å²) in [5.41, 5.74) is 2.77. The van der Waals surface area contributed by atoms with Crippen molar-refractivity contribution in [2.75, 3.05) is 31.3 Å². The number of likely N-dealkylation sites (N-methyl/N-ethyl adjacent to an activating group) is 1. The molecule has 2 heterocycles. The predicted molar refractivity (Wildman–Crippen MR) is 118 cm³/mol. The monoisotopic (exact) mass is 450 g/mol. The first-order valence-corrected chi connectivity index (χ1v) is 9.59. The fraction of sp³-hybridized carbons (Fsp3) is 0.143. The Morgan fingerprint density at radius 1 is 1.24 bits per heavy atom. The number of amides is 1. The molecule has 0 unspecified atom stereocenters. The van der Waals surface area contributed by atoms with Crippen LogP contribution < -0.4 is 10.6 Å². The van der Waals surface area contributed by atoms with Crippen LogP contribution in [0.15, 0.2) is 59.4 Å². The normalized spacial score (nSPS) is 11.0. The Bertz CT molecular complexity index is 1120. The summed E-state index contributed by atoms with van der Waals surface area (Å²) >= 11 is 3.44. The van der Waals surface area contributed by atoms with Crippen molar-refractivity contribution in [2.45, 2.75) is 0 Å². The van der Waals surface area contributed by atoms with Gasteiger partial charge in [0, 0.05) is 34.4 Å². The van der Waals surface area contributed by atoms with Gasteiger partial charge in [0.2, 0.25) is 5.91 Å². The van der Waals surface area contributed by atoms with Crippen LogP contribution in [0.25, 0.3) is 11.0 Å². The van der Waals surface area contributed by atoms with Crippen LogP contribution >= 0.6 is 15.9 Å². The Labute approximate surface area is 177 Å². The topological polar surface area (TPSA) is 93.9 Å². The molecule has 0 bridgehead atoms. The Balaban J connectivity index is 1.95. The summed E-state index contributed by atoms with van der Waals surface area (Å²) in [6.07, 6.45) is 6.29. The van der Waals surface area contributed by atoms with Gasteiger partial charge in [0.05, 0.1) is 23.1 Å². The molecule has 3 aromatic rings. The van der Waals surface area contributed by atoms with E-state index in [4.69, 9.17) is 0 Å². The van der Waals surface area contributed by atoms with E-state index in [0.29, 0.717) is 34.5 Å². The van der Waals surface area contributed by atoms with Crippen LogP contribution in [0.5, 0.6) is 0 Å². The summed E-state index contributed by atoms with van der Waals surface area (Å²) in [5.74, 6) is -0.251.